The topological polar surface area (TPSA) is 58.8 Å². The van der Waals surface area contributed by atoms with Gasteiger partial charge in [0.1, 0.15) is 0 Å². The summed E-state index contributed by atoms with van der Waals surface area (Å²) in [6, 6.07) is 6.25. The summed E-state index contributed by atoms with van der Waals surface area (Å²) in [7, 11) is 0. The second-order valence-corrected chi connectivity index (χ2v) is 6.04. The maximum Gasteiger partial charge on any atom is 0.240 e. The zero-order valence-electron chi connectivity index (χ0n) is 12.4. The molecule has 1 unspecified atom stereocenters. The van der Waals surface area contributed by atoms with Crippen LogP contribution in [0, 0.1) is 5.92 Å². The summed E-state index contributed by atoms with van der Waals surface area (Å²) >= 11 is 1.67. The van der Waals surface area contributed by atoms with Crippen LogP contribution in [-0.4, -0.2) is 27.5 Å². The molecule has 5 nitrogen and oxygen atoms in total. The number of rotatable bonds is 3. The summed E-state index contributed by atoms with van der Waals surface area (Å²) in [6.45, 7) is 4.13. The van der Waals surface area contributed by atoms with Gasteiger partial charge in [-0.25, -0.2) is 9.94 Å². The van der Waals surface area contributed by atoms with E-state index in [4.69, 9.17) is 0 Å². The van der Waals surface area contributed by atoms with Gasteiger partial charge in [0.15, 0.2) is 0 Å². The molecule has 0 fully saturated rings. The molecule has 0 saturated carbocycles. The highest BCUT2D eigenvalue weighted by Crippen LogP contribution is 2.25. The molecule has 2 aromatic heterocycles. The van der Waals surface area contributed by atoms with Gasteiger partial charge in [-0.1, -0.05) is 13.8 Å². The fourth-order valence-electron chi connectivity index (χ4n) is 2.62. The zero-order valence-corrected chi connectivity index (χ0v) is 13.2. The summed E-state index contributed by atoms with van der Waals surface area (Å²) in [5.74, 6) is 0.0911. The van der Waals surface area contributed by atoms with Gasteiger partial charge in [0, 0.05) is 17.9 Å². The molecule has 1 amide bonds. The molecular formula is C15H18N4OS. The smallest absolute Gasteiger partial charge is 0.240 e. The van der Waals surface area contributed by atoms with Gasteiger partial charge in [-0.3, -0.25) is 4.79 Å². The number of hydrazone groups is 1. The van der Waals surface area contributed by atoms with E-state index in [0.717, 1.165) is 33.9 Å². The molecule has 2 aromatic rings. The molecule has 3 rings (SSSR count). The number of nitrogens with one attached hydrogen (secondary N) is 1. The maximum atomic E-state index is 11.4. The Labute approximate surface area is 127 Å². The highest BCUT2D eigenvalue weighted by Gasteiger charge is 2.24. The van der Waals surface area contributed by atoms with Crippen LogP contribution in [0.5, 0.6) is 0 Å². The van der Waals surface area contributed by atoms with Gasteiger partial charge in [-0.05, 0) is 30.9 Å². The van der Waals surface area contributed by atoms with Crippen molar-refractivity contribution in [1.82, 2.24) is 15.0 Å². The van der Waals surface area contributed by atoms with Crippen LogP contribution in [0.4, 0.5) is 0 Å². The highest BCUT2D eigenvalue weighted by atomic mass is 32.2. The van der Waals surface area contributed by atoms with E-state index in [9.17, 15) is 4.79 Å². The Morgan fingerprint density at radius 1 is 1.48 bits per heavy atom. The minimum Gasteiger partial charge on any atom is -0.273 e. The lowest BCUT2D eigenvalue weighted by Gasteiger charge is -2.20. The average Bonchev–Trinajstić information content (AvgIpc) is 2.91. The van der Waals surface area contributed by atoms with E-state index in [2.05, 4.69) is 40.7 Å². The largest absolute Gasteiger partial charge is 0.273 e. The first-order valence-electron chi connectivity index (χ1n) is 7.06. The Bertz CT molecular complexity index is 735. The van der Waals surface area contributed by atoms with Crippen molar-refractivity contribution in [2.45, 2.75) is 31.7 Å². The molecule has 0 spiro atoms. The summed E-state index contributed by atoms with van der Waals surface area (Å²) in [5.41, 5.74) is 6.68. The first-order chi connectivity index (χ1) is 10.1. The minimum absolute atomic E-state index is 0.0224. The normalized spacial score (nSPS) is 18.7. The van der Waals surface area contributed by atoms with Crippen molar-refractivity contribution in [2.75, 3.05) is 6.26 Å². The molecule has 1 atom stereocenters. The lowest BCUT2D eigenvalue weighted by molar-refractivity contribution is -0.121. The van der Waals surface area contributed by atoms with E-state index in [1.807, 2.05) is 17.7 Å². The summed E-state index contributed by atoms with van der Waals surface area (Å²) < 4.78 is 1.98. The highest BCUT2D eigenvalue weighted by molar-refractivity contribution is 7.98. The summed E-state index contributed by atoms with van der Waals surface area (Å²) in [4.78, 5) is 11.4. The van der Waals surface area contributed by atoms with Crippen LogP contribution in [0.25, 0.3) is 5.52 Å². The molecule has 1 aliphatic heterocycles. The molecule has 6 heteroatoms. The molecule has 110 valence electrons. The number of carbonyl (C=O) groups is 1. The van der Waals surface area contributed by atoms with E-state index in [1.54, 1.807) is 11.8 Å². The van der Waals surface area contributed by atoms with E-state index in [-0.39, 0.29) is 11.8 Å². The molecule has 1 N–H and O–H groups in total. The minimum atomic E-state index is -0.0224. The van der Waals surface area contributed by atoms with Gasteiger partial charge in [-0.15, -0.1) is 11.8 Å². The van der Waals surface area contributed by atoms with Crippen LogP contribution in [-0.2, 0) is 11.2 Å². The molecule has 0 saturated heterocycles. The first-order valence-corrected chi connectivity index (χ1v) is 8.29. The van der Waals surface area contributed by atoms with Gasteiger partial charge in [-0.2, -0.15) is 10.2 Å². The maximum absolute atomic E-state index is 11.4. The van der Waals surface area contributed by atoms with Gasteiger partial charge in [0.2, 0.25) is 5.91 Å². The molecule has 0 bridgehead atoms. The van der Waals surface area contributed by atoms with Crippen LogP contribution in [0.1, 0.15) is 31.5 Å². The number of aryl methyl sites for hydroxylation is 1. The second kappa shape index (κ2) is 5.52. The van der Waals surface area contributed by atoms with Crippen LogP contribution >= 0.6 is 11.8 Å². The Morgan fingerprint density at radius 2 is 2.29 bits per heavy atom. The molecule has 1 aliphatic rings. The second-order valence-electron chi connectivity index (χ2n) is 5.21. The zero-order chi connectivity index (χ0) is 15.0. The molecule has 3 heterocycles. The monoisotopic (exact) mass is 302 g/mol. The van der Waals surface area contributed by atoms with E-state index >= 15 is 0 Å². The number of thioether (sulfide) groups is 1. The number of fused-ring (bicyclic) bond motifs is 1. The Kier molecular flexibility index (Phi) is 3.71. The number of pyridine rings is 1. The van der Waals surface area contributed by atoms with Crippen LogP contribution in [0.2, 0.25) is 0 Å². The van der Waals surface area contributed by atoms with E-state index < -0.39 is 0 Å². The van der Waals surface area contributed by atoms with Crippen LogP contribution < -0.4 is 5.43 Å². The van der Waals surface area contributed by atoms with Crippen molar-refractivity contribution in [1.29, 1.82) is 0 Å². The number of carbonyl (C=O) groups excluding carboxylic acids is 1. The van der Waals surface area contributed by atoms with Crippen molar-refractivity contribution in [3.8, 4) is 0 Å². The van der Waals surface area contributed by atoms with Crippen LogP contribution in [0.3, 0.4) is 0 Å². The summed E-state index contributed by atoms with van der Waals surface area (Å²) in [5, 5.41) is 10.0. The molecular weight excluding hydrogens is 284 g/mol. The van der Waals surface area contributed by atoms with Gasteiger partial charge in [0.05, 0.1) is 21.9 Å². The van der Waals surface area contributed by atoms with Crippen LogP contribution in [0.15, 0.2) is 28.3 Å². The molecule has 0 aromatic carbocycles. The van der Waals surface area contributed by atoms with Crippen molar-refractivity contribution in [3.05, 3.63) is 29.5 Å². The third-order valence-corrected chi connectivity index (χ3v) is 4.47. The molecule has 21 heavy (non-hydrogen) atoms. The number of aromatic nitrogens is 2. The number of hydrogen-bond acceptors (Lipinski definition) is 4. The van der Waals surface area contributed by atoms with Gasteiger partial charge >= 0.3 is 0 Å². The predicted molar refractivity (Wildman–Crippen MR) is 84.8 cm³/mol. The van der Waals surface area contributed by atoms with E-state index in [0.29, 0.717) is 6.42 Å². The lowest BCUT2D eigenvalue weighted by Crippen LogP contribution is -2.32. The summed E-state index contributed by atoms with van der Waals surface area (Å²) in [6.07, 6.45) is 3.42. The number of hydrogen-bond donors (Lipinski definition) is 1. The first kappa shape index (κ1) is 14.1. The van der Waals surface area contributed by atoms with Gasteiger partial charge in [0.25, 0.3) is 0 Å². The molecule has 0 radical (unpaired) electrons. The fourth-order valence-corrected chi connectivity index (χ4v) is 3.14. The SMILES string of the molecule is CCc1cc2c(C3=NNC(=O)CC3C)ccc(SC)n2n1. The van der Waals surface area contributed by atoms with Crippen molar-refractivity contribution in [2.24, 2.45) is 11.0 Å². The standard InChI is InChI=1S/C15H18N4OS/c1-4-10-8-12-11(5-6-14(21-3)19(12)18-10)15-9(2)7-13(20)16-17-15/h5-6,8-9H,4,7H2,1-3H3,(H,16,20). The Morgan fingerprint density at radius 3 is 2.95 bits per heavy atom. The third kappa shape index (κ3) is 2.44. The van der Waals surface area contributed by atoms with Crippen molar-refractivity contribution < 1.29 is 4.79 Å². The third-order valence-electron chi connectivity index (χ3n) is 3.74. The number of nitrogens with zero attached hydrogens (tertiary/aromatic N) is 3. The fraction of sp³-hybridized carbons (Fsp3) is 0.400. The lowest BCUT2D eigenvalue weighted by atomic mass is 9.94. The quantitative estimate of drug-likeness (QED) is 0.886. The molecule has 0 aliphatic carbocycles. The van der Waals surface area contributed by atoms with Crippen molar-refractivity contribution >= 4 is 28.9 Å². The van der Waals surface area contributed by atoms with E-state index in [1.165, 1.54) is 0 Å². The number of amides is 1. The van der Waals surface area contributed by atoms with Gasteiger partial charge < -0.3 is 0 Å². The average molecular weight is 302 g/mol. The predicted octanol–water partition coefficient (Wildman–Crippen LogP) is 2.48. The Balaban J connectivity index is 2.19. The Hall–Kier alpha value is -1.82. The van der Waals surface area contributed by atoms with Crippen molar-refractivity contribution in [3.63, 3.8) is 0 Å².